The van der Waals surface area contributed by atoms with E-state index in [1.807, 2.05) is 51.1 Å². The molecule has 3 N–H and O–H groups in total. The van der Waals surface area contributed by atoms with Crippen molar-refractivity contribution in [2.24, 2.45) is 11.3 Å². The average Bonchev–Trinajstić information content (AvgIpc) is 3.10. The normalized spacial score (nSPS) is 22.1. The fourth-order valence-corrected chi connectivity index (χ4v) is 4.52. The van der Waals surface area contributed by atoms with Crippen LogP contribution < -0.4 is 16.0 Å². The second kappa shape index (κ2) is 10.6. The minimum atomic E-state index is -0.893. The number of urea groups is 1. The molecule has 1 aromatic rings. The van der Waals surface area contributed by atoms with Crippen LogP contribution in [0.4, 0.5) is 4.79 Å². The molecule has 0 aromatic heterocycles. The molecule has 180 valence electrons. The number of nitrogens with one attached hydrogen (secondary N) is 3. The van der Waals surface area contributed by atoms with Crippen LogP contribution in [-0.4, -0.2) is 53.0 Å². The lowest BCUT2D eigenvalue weighted by Crippen LogP contribution is -2.57. The van der Waals surface area contributed by atoms with Crippen molar-refractivity contribution in [3.63, 3.8) is 0 Å². The first-order valence-corrected chi connectivity index (χ1v) is 11.9. The Bertz CT molecular complexity index is 886. The summed E-state index contributed by atoms with van der Waals surface area (Å²) in [6, 6.07) is 7.78. The van der Waals surface area contributed by atoms with E-state index in [1.165, 1.54) is 0 Å². The lowest BCUT2D eigenvalue weighted by molar-refractivity contribution is -0.128. The third-order valence-electron chi connectivity index (χ3n) is 6.19. The fourth-order valence-electron chi connectivity index (χ4n) is 4.35. The lowest BCUT2D eigenvalue weighted by Gasteiger charge is -2.42. The van der Waals surface area contributed by atoms with E-state index in [0.29, 0.717) is 25.9 Å². The third kappa shape index (κ3) is 6.72. The van der Waals surface area contributed by atoms with Crippen LogP contribution in [-0.2, 0) is 14.4 Å². The summed E-state index contributed by atoms with van der Waals surface area (Å²) in [6.07, 6.45) is 2.07. The van der Waals surface area contributed by atoms with E-state index in [9.17, 15) is 19.2 Å². The Labute approximate surface area is 200 Å². The van der Waals surface area contributed by atoms with E-state index in [0.717, 1.165) is 12.0 Å². The van der Waals surface area contributed by atoms with Crippen LogP contribution in [0.5, 0.6) is 0 Å². The average molecular weight is 475 g/mol. The van der Waals surface area contributed by atoms with Crippen molar-refractivity contribution in [1.29, 1.82) is 0 Å². The van der Waals surface area contributed by atoms with Crippen LogP contribution in [0.2, 0.25) is 0 Å². The standard InChI is InChI=1S/C24H34N4O4S/c1-24(2,3)14-18(21(30)26-17(22(31)33)13-16-9-11-25-20(16)29)27-23(32)28-12-10-19(28)15-7-5-4-6-8-15/h4-8,16-19H,9-14H2,1-3H3,(H,25,29)(H,26,30)(H,27,32)(H,31,33)/t16-,17-,18-,19+/m0/s1. The summed E-state index contributed by atoms with van der Waals surface area (Å²) in [5, 5.41) is 7.85. The maximum atomic E-state index is 13.2. The minimum absolute atomic E-state index is 0.0165. The number of carbonyl (C=O) groups excluding carboxylic acids is 4. The van der Waals surface area contributed by atoms with Crippen molar-refractivity contribution in [3.05, 3.63) is 35.9 Å². The number of thiol groups is 1. The third-order valence-corrected chi connectivity index (χ3v) is 6.50. The van der Waals surface area contributed by atoms with E-state index in [-0.39, 0.29) is 35.7 Å². The molecule has 1 aromatic carbocycles. The van der Waals surface area contributed by atoms with Gasteiger partial charge in [-0.05, 0) is 36.7 Å². The van der Waals surface area contributed by atoms with Gasteiger partial charge in [0.15, 0.2) is 0 Å². The second-order valence-electron chi connectivity index (χ2n) is 10.1. The van der Waals surface area contributed by atoms with Crippen LogP contribution >= 0.6 is 12.6 Å². The van der Waals surface area contributed by atoms with Crippen molar-refractivity contribution in [2.75, 3.05) is 13.1 Å². The Morgan fingerprint density at radius 2 is 1.82 bits per heavy atom. The van der Waals surface area contributed by atoms with Gasteiger partial charge in [-0.15, -0.1) is 12.6 Å². The van der Waals surface area contributed by atoms with Crippen molar-refractivity contribution in [2.45, 2.75) is 64.6 Å². The Hall–Kier alpha value is -2.55. The quantitative estimate of drug-likeness (QED) is 0.434. The zero-order valence-electron chi connectivity index (χ0n) is 19.5. The number of likely N-dealkylation sites (tertiary alicyclic amines) is 1. The summed E-state index contributed by atoms with van der Waals surface area (Å²) < 4.78 is 0. The van der Waals surface area contributed by atoms with Gasteiger partial charge < -0.3 is 20.9 Å². The topological polar surface area (TPSA) is 108 Å². The number of rotatable bonds is 8. The molecule has 3 rings (SSSR count). The van der Waals surface area contributed by atoms with Crippen LogP contribution in [0, 0.1) is 11.3 Å². The van der Waals surface area contributed by atoms with Gasteiger partial charge in [-0.3, -0.25) is 14.4 Å². The number of hydrogen-bond donors (Lipinski definition) is 4. The highest BCUT2D eigenvalue weighted by molar-refractivity contribution is 7.96. The van der Waals surface area contributed by atoms with Crippen molar-refractivity contribution in [3.8, 4) is 0 Å². The fraction of sp³-hybridized carbons (Fsp3) is 0.583. The molecule has 0 saturated carbocycles. The molecule has 2 aliphatic heterocycles. The summed E-state index contributed by atoms with van der Waals surface area (Å²) in [5.74, 6) is -0.899. The summed E-state index contributed by atoms with van der Waals surface area (Å²) in [6.45, 7) is 7.13. The molecule has 2 saturated heterocycles. The maximum Gasteiger partial charge on any atom is 0.318 e. The Balaban J connectivity index is 1.67. The largest absolute Gasteiger partial charge is 0.356 e. The van der Waals surface area contributed by atoms with Gasteiger partial charge in [-0.2, -0.15) is 0 Å². The van der Waals surface area contributed by atoms with Crippen LogP contribution in [0.25, 0.3) is 0 Å². The van der Waals surface area contributed by atoms with Gasteiger partial charge >= 0.3 is 6.03 Å². The minimum Gasteiger partial charge on any atom is -0.356 e. The van der Waals surface area contributed by atoms with Gasteiger partial charge in [0.2, 0.25) is 16.9 Å². The molecule has 0 aliphatic carbocycles. The molecule has 4 amide bonds. The molecule has 9 heteroatoms. The number of benzene rings is 1. The predicted octanol–water partition coefficient (Wildman–Crippen LogP) is 2.42. The highest BCUT2D eigenvalue weighted by Crippen LogP contribution is 2.33. The lowest BCUT2D eigenvalue weighted by atomic mass is 9.87. The van der Waals surface area contributed by atoms with Gasteiger partial charge in [0.1, 0.15) is 6.04 Å². The van der Waals surface area contributed by atoms with Crippen LogP contribution in [0.15, 0.2) is 30.3 Å². The monoisotopic (exact) mass is 474 g/mol. The Kier molecular flexibility index (Phi) is 8.05. The van der Waals surface area contributed by atoms with E-state index in [4.69, 9.17) is 0 Å². The zero-order valence-corrected chi connectivity index (χ0v) is 20.4. The summed E-state index contributed by atoms with van der Waals surface area (Å²) in [5.41, 5.74) is 0.820. The first-order chi connectivity index (χ1) is 15.5. The van der Waals surface area contributed by atoms with Gasteiger partial charge in [0.25, 0.3) is 0 Å². The summed E-state index contributed by atoms with van der Waals surface area (Å²) >= 11 is 3.92. The first-order valence-electron chi connectivity index (χ1n) is 11.5. The number of carbonyl (C=O) groups is 4. The van der Waals surface area contributed by atoms with Crippen molar-refractivity contribution >= 4 is 35.6 Å². The molecule has 2 aliphatic rings. The SMILES string of the molecule is CC(C)(C)C[C@H](NC(=O)N1CC[C@@H]1c1ccccc1)C(=O)N[C@@H](C[C@@H]1CCNC1=O)C(=O)S. The highest BCUT2D eigenvalue weighted by atomic mass is 32.1. The van der Waals surface area contributed by atoms with E-state index in [2.05, 4.69) is 28.6 Å². The molecule has 4 atom stereocenters. The van der Waals surface area contributed by atoms with E-state index < -0.39 is 23.1 Å². The molecule has 0 radical (unpaired) electrons. The molecule has 0 unspecified atom stereocenters. The predicted molar refractivity (Wildman–Crippen MR) is 129 cm³/mol. The highest BCUT2D eigenvalue weighted by Gasteiger charge is 2.37. The first kappa shape index (κ1) is 25.1. The Morgan fingerprint density at radius 3 is 2.33 bits per heavy atom. The molecule has 2 fully saturated rings. The molecule has 2 heterocycles. The van der Waals surface area contributed by atoms with Crippen molar-refractivity contribution in [1.82, 2.24) is 20.9 Å². The van der Waals surface area contributed by atoms with E-state index >= 15 is 0 Å². The smallest absolute Gasteiger partial charge is 0.318 e. The molecular weight excluding hydrogens is 440 g/mol. The molecule has 0 spiro atoms. The number of amides is 4. The molecule has 8 nitrogen and oxygen atoms in total. The van der Waals surface area contributed by atoms with Gasteiger partial charge in [-0.1, -0.05) is 51.1 Å². The molecular formula is C24H34N4O4S. The maximum absolute atomic E-state index is 13.2. The van der Waals surface area contributed by atoms with Crippen molar-refractivity contribution < 1.29 is 19.2 Å². The van der Waals surface area contributed by atoms with Crippen LogP contribution in [0.3, 0.4) is 0 Å². The number of hydrogen-bond acceptors (Lipinski definition) is 4. The molecule has 0 bridgehead atoms. The van der Waals surface area contributed by atoms with Gasteiger partial charge in [0.05, 0.1) is 12.1 Å². The van der Waals surface area contributed by atoms with Crippen LogP contribution in [0.1, 0.15) is 58.1 Å². The summed E-state index contributed by atoms with van der Waals surface area (Å²) in [4.78, 5) is 52.0. The van der Waals surface area contributed by atoms with Gasteiger partial charge in [0, 0.05) is 19.0 Å². The second-order valence-corrected chi connectivity index (χ2v) is 10.5. The zero-order chi connectivity index (χ0) is 24.2. The number of nitrogens with zero attached hydrogens (tertiary/aromatic N) is 1. The van der Waals surface area contributed by atoms with Gasteiger partial charge in [-0.25, -0.2) is 4.79 Å². The van der Waals surface area contributed by atoms with E-state index in [1.54, 1.807) is 4.90 Å². The summed E-state index contributed by atoms with van der Waals surface area (Å²) in [7, 11) is 0. The molecule has 33 heavy (non-hydrogen) atoms. The Morgan fingerprint density at radius 1 is 1.12 bits per heavy atom.